The van der Waals surface area contributed by atoms with E-state index >= 15 is 0 Å². The van der Waals surface area contributed by atoms with Gasteiger partial charge < -0.3 is 4.74 Å². The lowest BCUT2D eigenvalue weighted by Gasteiger charge is -2.58. The first kappa shape index (κ1) is 20.3. The van der Waals surface area contributed by atoms with Crippen molar-refractivity contribution in [2.45, 2.75) is 83.3 Å². The minimum absolute atomic E-state index is 0.513. The molecule has 1 aliphatic heterocycles. The van der Waals surface area contributed by atoms with Gasteiger partial charge in [0.2, 0.25) is 0 Å². The number of fused-ring (bicyclic) bond motifs is 7. The summed E-state index contributed by atoms with van der Waals surface area (Å²) in [5.74, 6) is 4.84. The molecule has 152 valence electrons. The highest BCUT2D eigenvalue weighted by atomic mass is 32.0. The Morgan fingerprint density at radius 3 is 2.67 bits per heavy atom. The fourth-order valence-corrected chi connectivity index (χ4v) is 12.0. The minimum Gasteiger partial charge on any atom is -0.370 e. The van der Waals surface area contributed by atoms with Crippen LogP contribution in [0.15, 0.2) is 11.6 Å². The molecule has 0 aromatic carbocycles. The van der Waals surface area contributed by atoms with Crippen molar-refractivity contribution in [3.8, 4) is 0 Å². The molecule has 5 aliphatic rings. The van der Waals surface area contributed by atoms with Crippen LogP contribution in [-0.2, 0) is 4.74 Å². The van der Waals surface area contributed by atoms with Gasteiger partial charge in [-0.2, -0.15) is 0 Å². The predicted molar refractivity (Wildman–Crippen MR) is 128 cm³/mol. The van der Waals surface area contributed by atoms with Crippen LogP contribution in [0, 0.1) is 40.4 Å². The summed E-state index contributed by atoms with van der Waals surface area (Å²) in [6.07, 6.45) is 13.2. The molecular formula is C22H38OP4. The van der Waals surface area contributed by atoms with E-state index in [0.717, 1.165) is 51.8 Å². The molecule has 14 unspecified atom stereocenters. The van der Waals surface area contributed by atoms with Crippen LogP contribution < -0.4 is 0 Å². The third-order valence-corrected chi connectivity index (χ3v) is 14.3. The van der Waals surface area contributed by atoms with Gasteiger partial charge in [0.05, 0.1) is 11.9 Å². The lowest BCUT2D eigenvalue weighted by molar-refractivity contribution is -0.0479. The van der Waals surface area contributed by atoms with Crippen molar-refractivity contribution in [3.63, 3.8) is 0 Å². The van der Waals surface area contributed by atoms with Crippen molar-refractivity contribution in [1.29, 1.82) is 0 Å². The molecule has 0 radical (unpaired) electrons. The lowest BCUT2D eigenvalue weighted by Crippen LogP contribution is -2.50. The molecule has 1 nitrogen and oxygen atoms in total. The molecule has 0 amide bonds. The zero-order valence-corrected chi connectivity index (χ0v) is 21.5. The summed E-state index contributed by atoms with van der Waals surface area (Å²) in [5.41, 5.74) is 3.85. The summed E-state index contributed by atoms with van der Waals surface area (Å²) in [6, 6.07) is 0. The van der Waals surface area contributed by atoms with E-state index in [0.29, 0.717) is 22.8 Å². The molecule has 0 N–H and O–H groups in total. The van der Waals surface area contributed by atoms with Gasteiger partial charge in [0.15, 0.2) is 0 Å². The fourth-order valence-electron chi connectivity index (χ4n) is 8.60. The molecule has 5 heteroatoms. The van der Waals surface area contributed by atoms with E-state index in [9.17, 15) is 0 Å². The SMILES string of the molecule is CC1C(PP)OC2CC3C4CC=C5CC(PP)CCC5(C)C4CCC3(C)C21. The van der Waals surface area contributed by atoms with Crippen LogP contribution >= 0.6 is 34.4 Å². The van der Waals surface area contributed by atoms with Crippen LogP contribution in [0.4, 0.5) is 0 Å². The molecule has 0 aromatic heterocycles. The largest absolute Gasteiger partial charge is 0.370 e. The Bertz CT molecular complexity index is 638. The normalized spacial score (nSPS) is 57.6. The third-order valence-electron chi connectivity index (χ3n) is 9.96. The zero-order valence-electron chi connectivity index (χ0n) is 17.2. The third kappa shape index (κ3) is 2.88. The zero-order chi connectivity index (χ0) is 19.0. The van der Waals surface area contributed by atoms with Crippen molar-refractivity contribution in [2.75, 3.05) is 0 Å². The second kappa shape index (κ2) is 7.24. The highest BCUT2D eigenvalue weighted by Gasteiger charge is 2.64. The summed E-state index contributed by atoms with van der Waals surface area (Å²) in [5, 5.41) is 0. The predicted octanol–water partition coefficient (Wildman–Crippen LogP) is 6.84. The highest BCUT2D eigenvalue weighted by Crippen LogP contribution is 2.70. The van der Waals surface area contributed by atoms with Gasteiger partial charge in [0.25, 0.3) is 0 Å². The molecule has 27 heavy (non-hydrogen) atoms. The van der Waals surface area contributed by atoms with Crippen LogP contribution in [0.3, 0.4) is 0 Å². The topological polar surface area (TPSA) is 9.23 Å². The lowest BCUT2D eigenvalue weighted by atomic mass is 9.47. The Morgan fingerprint density at radius 1 is 1.11 bits per heavy atom. The molecule has 0 spiro atoms. The maximum atomic E-state index is 6.62. The summed E-state index contributed by atoms with van der Waals surface area (Å²) in [6.45, 7) is 7.82. The van der Waals surface area contributed by atoms with Gasteiger partial charge >= 0.3 is 0 Å². The van der Waals surface area contributed by atoms with Gasteiger partial charge in [-0.1, -0.05) is 49.0 Å². The van der Waals surface area contributed by atoms with E-state index in [-0.39, 0.29) is 0 Å². The van der Waals surface area contributed by atoms with Crippen molar-refractivity contribution in [2.24, 2.45) is 40.4 Å². The second-order valence-corrected chi connectivity index (χ2v) is 14.8. The molecule has 4 fully saturated rings. The molecular weight excluding hydrogens is 404 g/mol. The number of hydrogen-bond donors (Lipinski definition) is 0. The molecule has 14 atom stereocenters. The van der Waals surface area contributed by atoms with Crippen molar-refractivity contribution in [1.82, 2.24) is 0 Å². The summed E-state index contributed by atoms with van der Waals surface area (Å²) in [4.78, 5) is 0. The van der Waals surface area contributed by atoms with Crippen LogP contribution in [0.25, 0.3) is 0 Å². The number of ether oxygens (including phenoxy) is 1. The maximum absolute atomic E-state index is 6.62. The number of rotatable bonds is 2. The van der Waals surface area contributed by atoms with Crippen molar-refractivity contribution >= 4 is 34.4 Å². The van der Waals surface area contributed by atoms with Gasteiger partial charge in [0.1, 0.15) is 0 Å². The molecule has 4 aliphatic carbocycles. The van der Waals surface area contributed by atoms with Crippen LogP contribution in [0.2, 0.25) is 0 Å². The summed E-state index contributed by atoms with van der Waals surface area (Å²) >= 11 is 0. The van der Waals surface area contributed by atoms with E-state index in [4.69, 9.17) is 4.74 Å². The quantitative estimate of drug-likeness (QED) is 0.336. The standard InChI is InChI=1S/C22H38OP4/c1-12-19-18(23-20(12)27-25)11-17-15-5-4-13-10-14(26-24)6-8-21(13,2)16(15)7-9-22(17,19)3/h4,12,14-20,26-27H,5-11,24-25H2,1-3H3. The van der Waals surface area contributed by atoms with Gasteiger partial charge in [-0.25, -0.2) is 0 Å². The first-order valence-corrected chi connectivity index (χ1v) is 17.0. The molecule has 0 bridgehead atoms. The van der Waals surface area contributed by atoms with E-state index in [1.54, 1.807) is 0 Å². The fraction of sp³-hybridized carbons (Fsp3) is 0.909. The first-order chi connectivity index (χ1) is 12.9. The van der Waals surface area contributed by atoms with Gasteiger partial charge in [-0.05, 0) is 91.0 Å². The Balaban J connectivity index is 1.44. The molecule has 1 saturated heterocycles. The molecule has 3 saturated carbocycles. The Labute approximate surface area is 174 Å². The molecule has 0 aromatic rings. The average molecular weight is 442 g/mol. The Kier molecular flexibility index (Phi) is 5.45. The maximum Gasteiger partial charge on any atom is 0.0805 e. The number of hydrogen-bond acceptors (Lipinski definition) is 1. The average Bonchev–Trinajstić information content (AvgIpc) is 3.14. The second-order valence-electron chi connectivity index (χ2n) is 10.8. The van der Waals surface area contributed by atoms with Crippen LogP contribution in [-0.4, -0.2) is 17.6 Å². The van der Waals surface area contributed by atoms with Crippen molar-refractivity contribution < 1.29 is 4.74 Å². The first-order valence-electron chi connectivity index (χ1n) is 11.2. The summed E-state index contributed by atoms with van der Waals surface area (Å²) in [7, 11) is 7.91. The van der Waals surface area contributed by atoms with E-state index in [1.807, 2.05) is 5.57 Å². The van der Waals surface area contributed by atoms with Gasteiger partial charge in [0, 0.05) is 0 Å². The van der Waals surface area contributed by atoms with Gasteiger partial charge in [-0.3, -0.25) is 0 Å². The minimum atomic E-state index is 0.513. The van der Waals surface area contributed by atoms with Crippen LogP contribution in [0.1, 0.15) is 65.7 Å². The molecule has 5 rings (SSSR count). The van der Waals surface area contributed by atoms with Crippen molar-refractivity contribution in [3.05, 3.63) is 11.6 Å². The monoisotopic (exact) mass is 442 g/mol. The van der Waals surface area contributed by atoms with Crippen LogP contribution in [0.5, 0.6) is 0 Å². The Morgan fingerprint density at radius 2 is 1.93 bits per heavy atom. The van der Waals surface area contributed by atoms with E-state index in [2.05, 4.69) is 44.7 Å². The number of allylic oxidation sites excluding steroid dienone is 2. The smallest absolute Gasteiger partial charge is 0.0805 e. The van der Waals surface area contributed by atoms with E-state index in [1.165, 1.54) is 44.9 Å². The van der Waals surface area contributed by atoms with E-state index < -0.39 is 0 Å². The highest BCUT2D eigenvalue weighted by molar-refractivity contribution is 8.03. The Hall–Kier alpha value is 1.42. The van der Waals surface area contributed by atoms with Gasteiger partial charge in [-0.15, -0.1) is 17.9 Å². The summed E-state index contributed by atoms with van der Waals surface area (Å²) < 4.78 is 6.62. The molecule has 1 heterocycles.